The van der Waals surface area contributed by atoms with E-state index >= 15 is 0 Å². The maximum absolute atomic E-state index is 13.3. The fourth-order valence-electron chi connectivity index (χ4n) is 3.92. The largest absolute Gasteiger partial charge is 0.545 e. The van der Waals surface area contributed by atoms with E-state index < -0.39 is 5.97 Å². The fraction of sp³-hybridized carbons (Fsp3) is 0.333. The molecular formula is C27H29N2O3-. The highest BCUT2D eigenvalue weighted by molar-refractivity contribution is 6.09. The number of nitrogens with zero attached hydrogens (tertiary/aromatic N) is 1. The average Bonchev–Trinajstić information content (AvgIpc) is 3.08. The molecule has 0 saturated heterocycles. The Kier molecular flexibility index (Phi) is 6.29. The topological polar surface area (TPSA) is 73.6 Å². The number of carbonyl (C=O) groups excluding carboxylic acids is 2. The number of pyridine rings is 1. The van der Waals surface area contributed by atoms with Gasteiger partial charge in [-0.3, -0.25) is 10.1 Å². The molecule has 3 aromatic rings. The van der Waals surface area contributed by atoms with Crippen LogP contribution in [-0.2, 0) is 6.42 Å². The summed E-state index contributed by atoms with van der Waals surface area (Å²) < 4.78 is 1.74. The summed E-state index contributed by atoms with van der Waals surface area (Å²) in [5, 5.41) is 14.7. The third-order valence-corrected chi connectivity index (χ3v) is 5.04. The van der Waals surface area contributed by atoms with E-state index in [0.29, 0.717) is 23.2 Å². The maximum Gasteiger partial charge on any atom is 0.210 e. The highest BCUT2D eigenvalue weighted by Crippen LogP contribution is 2.22. The molecule has 0 radical (unpaired) electrons. The summed E-state index contributed by atoms with van der Waals surface area (Å²) in [6, 6.07) is 12.1. The highest BCUT2D eigenvalue weighted by atomic mass is 16.4. The number of aromatic carboxylic acids is 1. The number of carboxylic acid groups (broad SMARTS) is 1. The number of hydrogen-bond acceptors (Lipinski definition) is 4. The third kappa shape index (κ3) is 5.27. The number of ketones is 1. The number of fused-ring (bicyclic) bond motifs is 1. The van der Waals surface area contributed by atoms with E-state index in [1.807, 2.05) is 39.0 Å². The molecule has 5 nitrogen and oxygen atoms in total. The quantitative estimate of drug-likeness (QED) is 0.497. The molecule has 2 heterocycles. The Bertz CT molecular complexity index is 1230. The van der Waals surface area contributed by atoms with Crippen molar-refractivity contribution >= 4 is 17.3 Å². The molecule has 2 aromatic heterocycles. The first kappa shape index (κ1) is 23.3. The van der Waals surface area contributed by atoms with Gasteiger partial charge in [-0.2, -0.15) is 0 Å². The van der Waals surface area contributed by atoms with Gasteiger partial charge in [-0.1, -0.05) is 18.8 Å². The standard InChI is InChI=1S/C27H30N2O3/c1-7-19-16-22-17-21(25(31)32)13-15-29(22)23(19)24(30)20-10-8-18(9-11-20)12-14-27(5,6)28-26(2,3)4/h8-11,13,15-17,28H,7H2,1-6H3,(H,31,32)/p-1. The van der Waals surface area contributed by atoms with Crippen LogP contribution in [0.25, 0.3) is 5.52 Å². The van der Waals surface area contributed by atoms with E-state index in [-0.39, 0.29) is 22.4 Å². The van der Waals surface area contributed by atoms with Gasteiger partial charge in [-0.15, -0.1) is 0 Å². The van der Waals surface area contributed by atoms with Crippen molar-refractivity contribution in [2.75, 3.05) is 0 Å². The molecule has 0 aliphatic carbocycles. The van der Waals surface area contributed by atoms with Gasteiger partial charge < -0.3 is 14.3 Å². The van der Waals surface area contributed by atoms with Crippen molar-refractivity contribution < 1.29 is 14.7 Å². The van der Waals surface area contributed by atoms with Gasteiger partial charge in [-0.25, -0.2) is 0 Å². The zero-order valence-electron chi connectivity index (χ0n) is 19.5. The fourth-order valence-corrected chi connectivity index (χ4v) is 3.92. The van der Waals surface area contributed by atoms with Crippen LogP contribution in [0.15, 0.2) is 48.7 Å². The summed E-state index contributed by atoms with van der Waals surface area (Å²) in [4.78, 5) is 24.5. The van der Waals surface area contributed by atoms with Gasteiger partial charge in [0.25, 0.3) is 0 Å². The summed E-state index contributed by atoms with van der Waals surface area (Å²) in [5.41, 5.74) is 3.14. The lowest BCUT2D eigenvalue weighted by atomic mass is 9.98. The Balaban J connectivity index is 1.91. The molecule has 3 rings (SSSR count). The molecule has 1 N–H and O–H groups in total. The SMILES string of the molecule is CCc1cc2cc(C(=O)[O-])ccn2c1C(=O)c1ccc(C#CC(C)(C)NC(C)(C)C)cc1. The van der Waals surface area contributed by atoms with Gasteiger partial charge >= 0.3 is 0 Å². The minimum absolute atomic E-state index is 0.0484. The second-order valence-corrected chi connectivity index (χ2v) is 9.53. The molecule has 0 unspecified atom stereocenters. The molecular weight excluding hydrogens is 400 g/mol. The van der Waals surface area contributed by atoms with Gasteiger partial charge in [0.05, 0.1) is 17.2 Å². The average molecular weight is 430 g/mol. The molecule has 0 atom stereocenters. The molecule has 0 bridgehead atoms. The number of benzene rings is 1. The Labute approximate surface area is 189 Å². The van der Waals surface area contributed by atoms with E-state index in [0.717, 1.165) is 11.1 Å². The van der Waals surface area contributed by atoms with Crippen LogP contribution in [0.5, 0.6) is 0 Å². The Morgan fingerprint density at radius 3 is 2.22 bits per heavy atom. The van der Waals surface area contributed by atoms with Crippen molar-refractivity contribution in [3.8, 4) is 11.8 Å². The van der Waals surface area contributed by atoms with Crippen molar-refractivity contribution in [1.82, 2.24) is 9.72 Å². The van der Waals surface area contributed by atoms with Gasteiger partial charge in [-0.05, 0) is 89.1 Å². The van der Waals surface area contributed by atoms with Crippen LogP contribution < -0.4 is 10.4 Å². The lowest BCUT2D eigenvalue weighted by Crippen LogP contribution is -2.49. The molecule has 1 aromatic carbocycles. The van der Waals surface area contributed by atoms with E-state index in [4.69, 9.17) is 0 Å². The highest BCUT2D eigenvalue weighted by Gasteiger charge is 2.22. The number of hydrogen-bond donors (Lipinski definition) is 1. The van der Waals surface area contributed by atoms with Crippen LogP contribution in [0, 0.1) is 11.8 Å². The van der Waals surface area contributed by atoms with Crippen LogP contribution in [0.2, 0.25) is 0 Å². The molecule has 0 amide bonds. The van der Waals surface area contributed by atoms with Crippen LogP contribution in [0.1, 0.15) is 79.1 Å². The minimum Gasteiger partial charge on any atom is -0.545 e. The predicted octanol–water partition coefficient (Wildman–Crippen LogP) is 3.61. The Morgan fingerprint density at radius 2 is 1.66 bits per heavy atom. The van der Waals surface area contributed by atoms with Crippen molar-refractivity contribution in [3.05, 3.63) is 76.6 Å². The van der Waals surface area contributed by atoms with Gasteiger partial charge in [0.2, 0.25) is 5.78 Å². The summed E-state index contributed by atoms with van der Waals surface area (Å²) in [7, 11) is 0. The number of carbonyl (C=O) groups is 2. The Hall–Kier alpha value is -3.36. The van der Waals surface area contributed by atoms with Gasteiger partial charge in [0, 0.05) is 33.9 Å². The molecule has 0 saturated carbocycles. The lowest BCUT2D eigenvalue weighted by Gasteiger charge is -2.30. The number of aryl methyl sites for hydroxylation is 1. The second-order valence-electron chi connectivity index (χ2n) is 9.53. The number of carboxylic acids is 1. The van der Waals surface area contributed by atoms with Crippen LogP contribution >= 0.6 is 0 Å². The van der Waals surface area contributed by atoms with Crippen molar-refractivity contribution in [1.29, 1.82) is 0 Å². The first-order valence-corrected chi connectivity index (χ1v) is 10.7. The lowest BCUT2D eigenvalue weighted by molar-refractivity contribution is -0.255. The van der Waals surface area contributed by atoms with Crippen LogP contribution in [-0.4, -0.2) is 27.2 Å². The first-order chi connectivity index (χ1) is 14.9. The van der Waals surface area contributed by atoms with Crippen LogP contribution in [0.4, 0.5) is 0 Å². The zero-order chi connectivity index (χ0) is 23.7. The summed E-state index contributed by atoms with van der Waals surface area (Å²) in [6.07, 6.45) is 2.26. The van der Waals surface area contributed by atoms with E-state index in [9.17, 15) is 14.7 Å². The van der Waals surface area contributed by atoms with Crippen LogP contribution in [0.3, 0.4) is 0 Å². The molecule has 0 spiro atoms. The molecule has 32 heavy (non-hydrogen) atoms. The zero-order valence-corrected chi connectivity index (χ0v) is 19.5. The number of aromatic nitrogens is 1. The minimum atomic E-state index is -1.24. The Morgan fingerprint density at radius 1 is 1.00 bits per heavy atom. The monoisotopic (exact) mass is 429 g/mol. The van der Waals surface area contributed by atoms with Crippen molar-refractivity contribution in [2.24, 2.45) is 0 Å². The summed E-state index contributed by atoms with van der Waals surface area (Å²) in [6.45, 7) is 12.4. The maximum atomic E-state index is 13.3. The third-order valence-electron chi connectivity index (χ3n) is 5.04. The smallest absolute Gasteiger partial charge is 0.210 e. The van der Waals surface area contributed by atoms with E-state index in [2.05, 4.69) is 37.9 Å². The van der Waals surface area contributed by atoms with E-state index in [1.165, 1.54) is 12.1 Å². The van der Waals surface area contributed by atoms with Crippen molar-refractivity contribution in [3.63, 3.8) is 0 Å². The molecule has 0 aliphatic heterocycles. The molecule has 0 fully saturated rings. The normalized spacial score (nSPS) is 11.8. The summed E-state index contributed by atoms with van der Waals surface area (Å²) in [5.74, 6) is 5.10. The van der Waals surface area contributed by atoms with E-state index in [1.54, 1.807) is 22.7 Å². The second kappa shape index (κ2) is 8.64. The number of rotatable bonds is 5. The molecule has 166 valence electrons. The summed E-state index contributed by atoms with van der Waals surface area (Å²) >= 11 is 0. The molecule has 0 aliphatic rings. The van der Waals surface area contributed by atoms with Gasteiger partial charge in [0.15, 0.2) is 0 Å². The molecule has 5 heteroatoms. The van der Waals surface area contributed by atoms with Crippen molar-refractivity contribution in [2.45, 2.75) is 59.0 Å². The number of nitrogens with one attached hydrogen (secondary N) is 1. The predicted molar refractivity (Wildman–Crippen MR) is 125 cm³/mol. The first-order valence-electron chi connectivity index (χ1n) is 10.7. The van der Waals surface area contributed by atoms with Gasteiger partial charge in [0.1, 0.15) is 0 Å².